The van der Waals surface area contributed by atoms with Crippen LogP contribution in [0.25, 0.3) is 10.4 Å². The first-order valence-electron chi connectivity index (χ1n) is 8.35. The van der Waals surface area contributed by atoms with Crippen LogP contribution in [0, 0.1) is 6.92 Å². The number of H-pyrrole nitrogens is 1. The number of ether oxygens (including phenoxy) is 2. The average Bonchev–Trinajstić information content (AvgIpc) is 2.98. The van der Waals surface area contributed by atoms with Gasteiger partial charge in [-0.25, -0.2) is 14.0 Å². The van der Waals surface area contributed by atoms with Crippen molar-refractivity contribution in [1.82, 2.24) is 9.55 Å². The Morgan fingerprint density at radius 1 is 1.45 bits per heavy atom. The van der Waals surface area contributed by atoms with E-state index in [0.717, 1.165) is 10.8 Å². The molecule has 1 N–H and O–H groups in total. The molecule has 0 spiro atoms. The Labute approximate surface area is 176 Å². The molecule has 12 heteroatoms. The number of carbonyl (C=O) groups is 1. The van der Waals surface area contributed by atoms with Crippen molar-refractivity contribution < 1.29 is 18.7 Å². The van der Waals surface area contributed by atoms with Gasteiger partial charge >= 0.3 is 11.7 Å². The number of esters is 1. The number of alkyl halides is 2. The maximum atomic E-state index is 15.4. The summed E-state index contributed by atoms with van der Waals surface area (Å²) in [5, 5.41) is 3.54. The van der Waals surface area contributed by atoms with Crippen molar-refractivity contribution in [1.29, 1.82) is 0 Å². The quantitative estimate of drug-likeness (QED) is 0.163. The Kier molecular flexibility index (Phi) is 6.05. The van der Waals surface area contributed by atoms with Crippen LogP contribution in [0.2, 0.25) is 0 Å². The van der Waals surface area contributed by atoms with Gasteiger partial charge in [0.2, 0.25) is 0 Å². The van der Waals surface area contributed by atoms with E-state index in [1.807, 2.05) is 22.6 Å². The minimum Gasteiger partial charge on any atom is -0.452 e. The lowest BCUT2D eigenvalue weighted by Crippen LogP contribution is -2.44. The van der Waals surface area contributed by atoms with Gasteiger partial charge in [0.25, 0.3) is 5.56 Å². The number of azide groups is 1. The van der Waals surface area contributed by atoms with Crippen LogP contribution in [0.15, 0.2) is 51.2 Å². The minimum absolute atomic E-state index is 0.0600. The molecule has 29 heavy (non-hydrogen) atoms. The molecule has 0 amide bonds. The zero-order valence-electron chi connectivity index (χ0n) is 15.0. The first-order chi connectivity index (χ1) is 13.8. The normalized spacial score (nSPS) is 26.0. The van der Waals surface area contributed by atoms with Gasteiger partial charge in [-0.15, -0.1) is 0 Å². The lowest BCUT2D eigenvalue weighted by Gasteiger charge is -2.27. The standard InChI is InChI=1S/C17H15FIN5O5/c1-9-7-24(16(27)21-13(9)25)14-11(18)12(17(8-19,29-14)22-23-20)28-15(26)10-5-3-2-4-6-10/h2-7,11-12,14H,8H2,1H3,(H,21,25,27)/t11-,12-,14+,17+/m0/s1. The third-order valence-electron chi connectivity index (χ3n) is 4.40. The third kappa shape index (κ3) is 3.91. The zero-order valence-corrected chi connectivity index (χ0v) is 17.1. The molecule has 1 fully saturated rings. The van der Waals surface area contributed by atoms with Gasteiger partial charge in [0, 0.05) is 21.1 Å². The lowest BCUT2D eigenvalue weighted by atomic mass is 10.1. The number of aromatic nitrogens is 2. The molecule has 0 saturated carbocycles. The van der Waals surface area contributed by atoms with Gasteiger partial charge in [-0.05, 0) is 24.6 Å². The molecular formula is C17H15FIN5O5. The largest absolute Gasteiger partial charge is 0.452 e. The molecule has 4 atom stereocenters. The minimum atomic E-state index is -2.05. The van der Waals surface area contributed by atoms with Crippen LogP contribution in [-0.2, 0) is 9.47 Å². The summed E-state index contributed by atoms with van der Waals surface area (Å²) < 4.78 is 27.1. The van der Waals surface area contributed by atoms with E-state index < -0.39 is 41.4 Å². The molecule has 1 aromatic heterocycles. The zero-order chi connectivity index (χ0) is 21.2. The molecule has 1 saturated heterocycles. The smallest absolute Gasteiger partial charge is 0.338 e. The number of hydrogen-bond acceptors (Lipinski definition) is 6. The van der Waals surface area contributed by atoms with Crippen LogP contribution in [0.5, 0.6) is 0 Å². The van der Waals surface area contributed by atoms with Gasteiger partial charge in [-0.2, -0.15) is 0 Å². The number of benzene rings is 1. The second-order valence-electron chi connectivity index (χ2n) is 6.29. The van der Waals surface area contributed by atoms with E-state index in [0.29, 0.717) is 0 Å². The van der Waals surface area contributed by atoms with Crippen molar-refractivity contribution in [2.75, 3.05) is 4.43 Å². The van der Waals surface area contributed by atoms with Gasteiger partial charge in [0.15, 0.2) is 24.2 Å². The van der Waals surface area contributed by atoms with E-state index in [2.05, 4.69) is 15.0 Å². The molecule has 0 radical (unpaired) electrons. The van der Waals surface area contributed by atoms with E-state index in [4.69, 9.17) is 15.0 Å². The summed E-state index contributed by atoms with van der Waals surface area (Å²) in [6.07, 6.45) is -4.11. The molecule has 2 aromatic rings. The first kappa shape index (κ1) is 21.0. The van der Waals surface area contributed by atoms with Crippen molar-refractivity contribution in [2.24, 2.45) is 5.11 Å². The van der Waals surface area contributed by atoms with Gasteiger partial charge in [-0.1, -0.05) is 45.9 Å². The fourth-order valence-corrected chi connectivity index (χ4v) is 3.70. The molecular weight excluding hydrogens is 500 g/mol. The number of aryl methyl sites for hydroxylation is 1. The SMILES string of the molecule is Cc1cn([C@@H]2O[C@@](CI)(N=[N+]=[N-])[C@@H](OC(=O)c3ccccc3)[C@@H]2F)c(=O)[nH]c1=O. The van der Waals surface area contributed by atoms with Crippen molar-refractivity contribution in [3.63, 3.8) is 0 Å². The lowest BCUT2D eigenvalue weighted by molar-refractivity contribution is -0.0872. The Hall–Kier alpha value is -2.70. The van der Waals surface area contributed by atoms with Crippen molar-refractivity contribution in [2.45, 2.75) is 31.2 Å². The topological polar surface area (TPSA) is 139 Å². The number of halogens is 2. The Balaban J connectivity index is 2.03. The second-order valence-corrected chi connectivity index (χ2v) is 7.05. The van der Waals surface area contributed by atoms with E-state index in [-0.39, 0.29) is 15.6 Å². The maximum Gasteiger partial charge on any atom is 0.338 e. The number of nitrogens with zero attached hydrogens (tertiary/aromatic N) is 4. The first-order valence-corrected chi connectivity index (χ1v) is 9.87. The second kappa shape index (κ2) is 8.35. The van der Waals surface area contributed by atoms with Crippen LogP contribution >= 0.6 is 22.6 Å². The van der Waals surface area contributed by atoms with Crippen LogP contribution < -0.4 is 11.2 Å². The fraction of sp³-hybridized carbons (Fsp3) is 0.353. The highest BCUT2D eigenvalue weighted by molar-refractivity contribution is 14.1. The van der Waals surface area contributed by atoms with E-state index in [9.17, 15) is 14.4 Å². The van der Waals surface area contributed by atoms with E-state index >= 15 is 4.39 Å². The van der Waals surface area contributed by atoms with Crippen molar-refractivity contribution in [3.8, 4) is 0 Å². The Morgan fingerprint density at radius 2 is 2.14 bits per heavy atom. The summed E-state index contributed by atoms with van der Waals surface area (Å²) in [4.78, 5) is 41.0. The molecule has 152 valence electrons. The van der Waals surface area contributed by atoms with Crippen LogP contribution in [0.1, 0.15) is 22.1 Å². The van der Waals surface area contributed by atoms with E-state index in [1.54, 1.807) is 18.2 Å². The molecule has 1 aliphatic heterocycles. The van der Waals surface area contributed by atoms with E-state index in [1.165, 1.54) is 19.1 Å². The average molecular weight is 515 g/mol. The summed E-state index contributed by atoms with van der Waals surface area (Å²) in [5.74, 6) is -0.838. The fourth-order valence-electron chi connectivity index (χ4n) is 2.93. The summed E-state index contributed by atoms with van der Waals surface area (Å²) in [7, 11) is 0. The summed E-state index contributed by atoms with van der Waals surface area (Å²) >= 11 is 1.81. The molecule has 1 aliphatic rings. The van der Waals surface area contributed by atoms with Gasteiger partial charge in [-0.3, -0.25) is 14.3 Å². The van der Waals surface area contributed by atoms with Gasteiger partial charge < -0.3 is 9.47 Å². The van der Waals surface area contributed by atoms with Gasteiger partial charge in [0.1, 0.15) is 0 Å². The molecule has 2 heterocycles. The summed E-state index contributed by atoms with van der Waals surface area (Å²) in [6, 6.07) is 7.89. The highest BCUT2D eigenvalue weighted by atomic mass is 127. The predicted octanol–water partition coefficient (Wildman–Crippen LogP) is 2.38. The highest BCUT2D eigenvalue weighted by Gasteiger charge is 2.58. The molecule has 3 rings (SSSR count). The van der Waals surface area contributed by atoms with Crippen molar-refractivity contribution >= 4 is 28.6 Å². The Morgan fingerprint density at radius 3 is 2.76 bits per heavy atom. The van der Waals surface area contributed by atoms with Crippen LogP contribution in [0.3, 0.4) is 0 Å². The summed E-state index contributed by atoms with van der Waals surface area (Å²) in [6.45, 7) is 1.43. The number of carbonyl (C=O) groups excluding carboxylic acids is 1. The Bertz CT molecular complexity index is 1080. The highest BCUT2D eigenvalue weighted by Crippen LogP contribution is 2.43. The number of nitrogens with one attached hydrogen (secondary N) is 1. The van der Waals surface area contributed by atoms with Crippen LogP contribution in [-0.4, -0.2) is 37.9 Å². The number of aromatic amines is 1. The number of hydrogen-bond donors (Lipinski definition) is 1. The molecule has 10 nitrogen and oxygen atoms in total. The molecule has 0 aliphatic carbocycles. The van der Waals surface area contributed by atoms with Gasteiger partial charge in [0.05, 0.1) is 5.56 Å². The summed E-state index contributed by atoms with van der Waals surface area (Å²) in [5.41, 5.74) is 5.87. The van der Waals surface area contributed by atoms with Crippen molar-refractivity contribution in [3.05, 3.63) is 78.9 Å². The monoisotopic (exact) mass is 515 g/mol. The van der Waals surface area contributed by atoms with Crippen LogP contribution in [0.4, 0.5) is 4.39 Å². The molecule has 0 unspecified atom stereocenters. The molecule has 1 aromatic carbocycles. The number of rotatable bonds is 5. The maximum absolute atomic E-state index is 15.4. The molecule has 0 bridgehead atoms. The predicted molar refractivity (Wildman–Crippen MR) is 107 cm³/mol. The third-order valence-corrected chi connectivity index (χ3v) is 5.49.